The Hall–Kier alpha value is -4.25. The van der Waals surface area contributed by atoms with Crippen LogP contribution in [0.15, 0.2) is 41.8 Å². The number of anilines is 2. The van der Waals surface area contributed by atoms with Gasteiger partial charge >= 0.3 is 0 Å². The maximum absolute atomic E-state index is 9.56. The van der Waals surface area contributed by atoms with Crippen molar-refractivity contribution in [1.82, 2.24) is 24.6 Å². The predicted octanol–water partition coefficient (Wildman–Crippen LogP) is 4.33. The molecular formula is C33H45N9O4. The van der Waals surface area contributed by atoms with E-state index in [4.69, 9.17) is 29.8 Å². The molecule has 0 radical (unpaired) electrons. The molecule has 2 aromatic heterocycles. The van der Waals surface area contributed by atoms with Crippen LogP contribution in [0.3, 0.4) is 0 Å². The lowest BCUT2D eigenvalue weighted by atomic mass is 9.89. The summed E-state index contributed by atoms with van der Waals surface area (Å²) in [4.78, 5) is 15.8. The van der Waals surface area contributed by atoms with E-state index in [0.717, 1.165) is 49.9 Å². The van der Waals surface area contributed by atoms with Crippen LogP contribution < -0.4 is 20.5 Å². The van der Waals surface area contributed by atoms with Crippen LogP contribution in [0.2, 0.25) is 0 Å². The van der Waals surface area contributed by atoms with E-state index in [9.17, 15) is 5.26 Å². The van der Waals surface area contributed by atoms with Crippen molar-refractivity contribution in [2.75, 3.05) is 45.3 Å². The number of hydrogen-bond acceptors (Lipinski definition) is 11. The Bertz CT molecular complexity index is 1470. The molecule has 0 amide bonds. The minimum absolute atomic E-state index is 0.251. The highest BCUT2D eigenvalue weighted by Crippen LogP contribution is 2.35. The molecule has 2 fully saturated rings. The Morgan fingerprint density at radius 3 is 2.50 bits per heavy atom. The molecule has 2 aliphatic rings. The fourth-order valence-electron chi connectivity index (χ4n) is 6.20. The molecular weight excluding hydrogens is 586 g/mol. The largest absolute Gasteiger partial charge is 0.487 e. The molecule has 3 heterocycles. The molecule has 0 spiro atoms. The lowest BCUT2D eigenvalue weighted by Crippen LogP contribution is -2.51. The summed E-state index contributed by atoms with van der Waals surface area (Å²) in [5.74, 6) is 1.37. The fraction of sp³-hybridized carbons (Fsp3) is 0.545. The van der Waals surface area contributed by atoms with E-state index in [1.165, 1.54) is 6.34 Å². The second kappa shape index (κ2) is 15.8. The van der Waals surface area contributed by atoms with Crippen molar-refractivity contribution in [3.63, 3.8) is 0 Å². The van der Waals surface area contributed by atoms with Crippen molar-refractivity contribution in [2.24, 2.45) is 10.7 Å². The molecule has 13 nitrogen and oxygen atoms in total. The Kier molecular flexibility index (Phi) is 11.4. The fourth-order valence-corrected chi connectivity index (χ4v) is 6.20. The minimum atomic E-state index is -0.251. The molecule has 3 aromatic rings. The number of ether oxygens (including phenoxy) is 4. The molecule has 1 saturated carbocycles. The van der Waals surface area contributed by atoms with Gasteiger partial charge in [-0.2, -0.15) is 5.26 Å². The third-order valence-electron chi connectivity index (χ3n) is 8.36. The van der Waals surface area contributed by atoms with Gasteiger partial charge in [0.2, 0.25) is 5.95 Å². The zero-order valence-corrected chi connectivity index (χ0v) is 27.1. The average Bonchev–Trinajstić information content (AvgIpc) is 3.46. The van der Waals surface area contributed by atoms with E-state index in [1.54, 1.807) is 25.6 Å². The molecule has 1 saturated heterocycles. The topological polar surface area (TPSA) is 158 Å². The van der Waals surface area contributed by atoms with Gasteiger partial charge in [0.15, 0.2) is 0 Å². The smallest absolute Gasteiger partial charge is 0.257 e. The minimum Gasteiger partial charge on any atom is -0.487 e. The summed E-state index contributed by atoms with van der Waals surface area (Å²) in [6.45, 7) is 9.41. The first kappa shape index (κ1) is 33.1. The van der Waals surface area contributed by atoms with Crippen LogP contribution in [0.25, 0.3) is 11.1 Å². The summed E-state index contributed by atoms with van der Waals surface area (Å²) in [5, 5.41) is 17.7. The number of hydrogen-bond donors (Lipinski definition) is 2. The van der Waals surface area contributed by atoms with E-state index in [0.29, 0.717) is 54.6 Å². The summed E-state index contributed by atoms with van der Waals surface area (Å²) < 4.78 is 25.1. The summed E-state index contributed by atoms with van der Waals surface area (Å²) in [6.07, 6.45) is 11.3. The zero-order chi connectivity index (χ0) is 32.5. The number of methoxy groups -OCH3 is 1. The lowest BCUT2D eigenvalue weighted by Gasteiger charge is -2.42. The SMILES string of the molecule is COCCOc1nn(C2CCC(N3C[C@@H](C)O[C@@H](C)C3)CC2)cc1Nc1ncc(-c2ccc(C#N)c(O[C@@H](C)CN=CN)c2)cn1. The molecule has 0 unspecified atom stereocenters. The second-order valence-electron chi connectivity index (χ2n) is 12.0. The first-order chi connectivity index (χ1) is 22.4. The number of nitrogens with one attached hydrogen (secondary N) is 1. The van der Waals surface area contributed by atoms with Crippen LogP contribution in [-0.2, 0) is 9.47 Å². The van der Waals surface area contributed by atoms with Crippen LogP contribution in [-0.4, -0.2) is 95.3 Å². The van der Waals surface area contributed by atoms with E-state index in [2.05, 4.69) is 45.1 Å². The van der Waals surface area contributed by atoms with Gasteiger partial charge in [0.1, 0.15) is 30.2 Å². The summed E-state index contributed by atoms with van der Waals surface area (Å²) in [7, 11) is 1.64. The monoisotopic (exact) mass is 631 g/mol. The van der Waals surface area contributed by atoms with E-state index in [1.807, 2.05) is 29.9 Å². The van der Waals surface area contributed by atoms with Gasteiger partial charge in [-0.05, 0) is 64.2 Å². The molecule has 13 heteroatoms. The third kappa shape index (κ3) is 8.51. The average molecular weight is 632 g/mol. The molecule has 1 aromatic carbocycles. The second-order valence-corrected chi connectivity index (χ2v) is 12.0. The van der Waals surface area contributed by atoms with Gasteiger partial charge in [-0.15, -0.1) is 5.10 Å². The molecule has 1 aliphatic heterocycles. The number of nitrogens with zero attached hydrogens (tertiary/aromatic N) is 7. The van der Waals surface area contributed by atoms with Crippen molar-refractivity contribution in [3.05, 3.63) is 42.4 Å². The highest BCUT2D eigenvalue weighted by atomic mass is 16.5. The number of nitriles is 1. The van der Waals surface area contributed by atoms with Gasteiger partial charge in [-0.1, -0.05) is 6.07 Å². The van der Waals surface area contributed by atoms with E-state index < -0.39 is 0 Å². The number of benzene rings is 1. The molecule has 1 aliphatic carbocycles. The number of aliphatic imine (C=N–C) groups is 1. The van der Waals surface area contributed by atoms with Crippen molar-refractivity contribution < 1.29 is 18.9 Å². The highest BCUT2D eigenvalue weighted by molar-refractivity contribution is 5.67. The Balaban J connectivity index is 1.27. The predicted molar refractivity (Wildman–Crippen MR) is 176 cm³/mol. The number of aromatic nitrogens is 4. The number of rotatable bonds is 13. The van der Waals surface area contributed by atoms with Gasteiger partial charge in [0, 0.05) is 44.2 Å². The molecule has 246 valence electrons. The van der Waals surface area contributed by atoms with Crippen LogP contribution >= 0.6 is 0 Å². The van der Waals surface area contributed by atoms with Crippen molar-refractivity contribution in [2.45, 2.75) is 76.9 Å². The quantitative estimate of drug-likeness (QED) is 0.157. The maximum Gasteiger partial charge on any atom is 0.257 e. The molecule has 46 heavy (non-hydrogen) atoms. The van der Waals surface area contributed by atoms with Gasteiger partial charge in [-0.3, -0.25) is 14.6 Å². The Morgan fingerprint density at radius 1 is 1.11 bits per heavy atom. The van der Waals surface area contributed by atoms with Crippen LogP contribution in [0.1, 0.15) is 58.1 Å². The lowest BCUT2D eigenvalue weighted by molar-refractivity contribution is -0.0852. The first-order valence-corrected chi connectivity index (χ1v) is 16.0. The molecule has 3 atom stereocenters. The Labute approximate surface area is 270 Å². The molecule has 5 rings (SSSR count). The summed E-state index contributed by atoms with van der Waals surface area (Å²) >= 11 is 0. The standard InChI is InChI=1S/C33H45N9O4/c1-22(15-36-21-35)46-31-13-25(5-6-26(31)14-34)27-16-37-33(38-17-27)39-30-20-42(40-32(30)44-12-11-43-4)29-9-7-28(8-10-29)41-18-23(2)45-24(3)19-41/h5-6,13,16-17,20-24,28-29H,7-12,15,18-19H2,1-4H3,(H2,35,36)(H,37,38,39)/t22-,23-,24+,28?,29?/m0/s1. The van der Waals surface area contributed by atoms with Crippen LogP contribution in [0.5, 0.6) is 11.6 Å². The summed E-state index contributed by atoms with van der Waals surface area (Å²) in [5.41, 5.74) is 8.09. The van der Waals surface area contributed by atoms with Crippen molar-refractivity contribution in [1.29, 1.82) is 5.26 Å². The van der Waals surface area contributed by atoms with E-state index in [-0.39, 0.29) is 24.4 Å². The van der Waals surface area contributed by atoms with Crippen molar-refractivity contribution in [3.8, 4) is 28.8 Å². The van der Waals surface area contributed by atoms with Crippen molar-refractivity contribution >= 4 is 18.0 Å². The van der Waals surface area contributed by atoms with Crippen LogP contribution in [0.4, 0.5) is 11.6 Å². The van der Waals surface area contributed by atoms with Gasteiger partial charge < -0.3 is 30.0 Å². The van der Waals surface area contributed by atoms with Gasteiger partial charge in [0.05, 0.1) is 49.5 Å². The molecule has 3 N–H and O–H groups in total. The Morgan fingerprint density at radius 2 is 1.83 bits per heavy atom. The zero-order valence-electron chi connectivity index (χ0n) is 27.1. The third-order valence-corrected chi connectivity index (χ3v) is 8.36. The first-order valence-electron chi connectivity index (χ1n) is 16.0. The van der Waals surface area contributed by atoms with Gasteiger partial charge in [0.25, 0.3) is 5.88 Å². The highest BCUT2D eigenvalue weighted by Gasteiger charge is 2.32. The van der Waals surface area contributed by atoms with E-state index >= 15 is 0 Å². The van der Waals surface area contributed by atoms with Crippen LogP contribution in [0, 0.1) is 11.3 Å². The summed E-state index contributed by atoms with van der Waals surface area (Å²) in [6, 6.07) is 8.43. The maximum atomic E-state index is 9.56. The van der Waals surface area contributed by atoms with Gasteiger partial charge in [-0.25, -0.2) is 9.97 Å². The number of morpholine rings is 1. The normalized spacial score (nSPS) is 22.8. The number of nitrogens with two attached hydrogens (primary N) is 1. The molecule has 0 bridgehead atoms.